The van der Waals surface area contributed by atoms with E-state index in [9.17, 15) is 9.59 Å². The third-order valence-electron chi connectivity index (χ3n) is 3.76. The normalized spacial score (nSPS) is 16.3. The average molecular weight is 333 g/mol. The zero-order valence-electron chi connectivity index (χ0n) is 13.1. The summed E-state index contributed by atoms with van der Waals surface area (Å²) >= 11 is 1.53. The SMILES string of the molecule is CC(C)[C@@H](NC(=O)CN1CSCC1=O)c1nnc2ccccn12. The highest BCUT2D eigenvalue weighted by Crippen LogP contribution is 2.21. The summed E-state index contributed by atoms with van der Waals surface area (Å²) in [5.74, 6) is 1.72. The van der Waals surface area contributed by atoms with Crippen LogP contribution in [0, 0.1) is 5.92 Å². The van der Waals surface area contributed by atoms with Crippen LogP contribution >= 0.6 is 11.8 Å². The number of nitrogens with one attached hydrogen (secondary N) is 1. The molecule has 2 aromatic rings. The van der Waals surface area contributed by atoms with Gasteiger partial charge in [-0.2, -0.15) is 0 Å². The first-order chi connectivity index (χ1) is 11.1. The lowest BCUT2D eigenvalue weighted by Crippen LogP contribution is -2.41. The van der Waals surface area contributed by atoms with Crippen molar-refractivity contribution in [2.24, 2.45) is 5.92 Å². The number of pyridine rings is 1. The van der Waals surface area contributed by atoms with Crippen molar-refractivity contribution >= 4 is 29.2 Å². The average Bonchev–Trinajstić information content (AvgIpc) is 3.11. The lowest BCUT2D eigenvalue weighted by atomic mass is 10.0. The van der Waals surface area contributed by atoms with Gasteiger partial charge in [0.15, 0.2) is 11.5 Å². The Kier molecular flexibility index (Phi) is 4.51. The summed E-state index contributed by atoms with van der Waals surface area (Å²) in [5.41, 5.74) is 0.744. The Morgan fingerprint density at radius 2 is 2.22 bits per heavy atom. The molecule has 8 heteroatoms. The highest BCUT2D eigenvalue weighted by molar-refractivity contribution is 8.00. The van der Waals surface area contributed by atoms with Gasteiger partial charge in [0, 0.05) is 6.20 Å². The number of rotatable bonds is 5. The van der Waals surface area contributed by atoms with Crippen LogP contribution in [0.15, 0.2) is 24.4 Å². The Morgan fingerprint density at radius 3 is 2.91 bits per heavy atom. The molecule has 1 saturated heterocycles. The molecule has 0 bridgehead atoms. The van der Waals surface area contributed by atoms with Gasteiger partial charge in [-0.3, -0.25) is 14.0 Å². The molecule has 122 valence electrons. The zero-order valence-corrected chi connectivity index (χ0v) is 13.9. The number of carbonyl (C=O) groups is 2. The molecular formula is C15H19N5O2S. The Balaban J connectivity index is 1.76. The molecule has 23 heavy (non-hydrogen) atoms. The third kappa shape index (κ3) is 3.31. The van der Waals surface area contributed by atoms with Crippen molar-refractivity contribution in [3.8, 4) is 0 Å². The number of fused-ring (bicyclic) bond motifs is 1. The fraction of sp³-hybridized carbons (Fsp3) is 0.467. The van der Waals surface area contributed by atoms with Crippen LogP contribution in [-0.4, -0.2) is 49.5 Å². The van der Waals surface area contributed by atoms with E-state index in [1.165, 1.54) is 11.8 Å². The van der Waals surface area contributed by atoms with Crippen molar-refractivity contribution < 1.29 is 9.59 Å². The molecule has 3 heterocycles. The summed E-state index contributed by atoms with van der Waals surface area (Å²) in [7, 11) is 0. The minimum absolute atomic E-state index is 0.0131. The molecule has 1 N–H and O–H groups in total. The van der Waals surface area contributed by atoms with Crippen molar-refractivity contribution in [1.82, 2.24) is 24.8 Å². The minimum atomic E-state index is -0.259. The van der Waals surface area contributed by atoms with E-state index in [1.807, 2.05) is 42.6 Å². The lowest BCUT2D eigenvalue weighted by Gasteiger charge is -2.22. The number of carbonyl (C=O) groups excluding carboxylic acids is 2. The smallest absolute Gasteiger partial charge is 0.240 e. The first kappa shape index (κ1) is 15.8. The first-order valence-electron chi connectivity index (χ1n) is 7.51. The van der Waals surface area contributed by atoms with Crippen LogP contribution in [0.2, 0.25) is 0 Å². The second-order valence-electron chi connectivity index (χ2n) is 5.85. The number of hydrogen-bond donors (Lipinski definition) is 1. The van der Waals surface area contributed by atoms with Gasteiger partial charge in [0.25, 0.3) is 0 Å². The van der Waals surface area contributed by atoms with E-state index in [4.69, 9.17) is 0 Å². The second-order valence-corrected chi connectivity index (χ2v) is 6.80. The molecule has 1 atom stereocenters. The van der Waals surface area contributed by atoms with Gasteiger partial charge < -0.3 is 10.2 Å². The summed E-state index contributed by atoms with van der Waals surface area (Å²) in [5, 5.41) is 11.4. The Labute approximate surface area is 138 Å². The van der Waals surface area contributed by atoms with Gasteiger partial charge in [0.1, 0.15) is 6.54 Å². The van der Waals surface area contributed by atoms with Crippen LogP contribution in [0.25, 0.3) is 5.65 Å². The molecule has 1 aliphatic heterocycles. The molecule has 0 unspecified atom stereocenters. The van der Waals surface area contributed by atoms with E-state index in [-0.39, 0.29) is 30.3 Å². The summed E-state index contributed by atoms with van der Waals surface area (Å²) < 4.78 is 1.88. The van der Waals surface area contributed by atoms with Gasteiger partial charge in [-0.1, -0.05) is 19.9 Å². The van der Waals surface area contributed by atoms with E-state index in [0.29, 0.717) is 17.5 Å². The Morgan fingerprint density at radius 1 is 1.39 bits per heavy atom. The predicted molar refractivity (Wildman–Crippen MR) is 87.7 cm³/mol. The molecule has 0 aromatic carbocycles. The van der Waals surface area contributed by atoms with Gasteiger partial charge in [-0.15, -0.1) is 22.0 Å². The van der Waals surface area contributed by atoms with Crippen LogP contribution in [0.3, 0.4) is 0 Å². The number of nitrogens with zero attached hydrogens (tertiary/aromatic N) is 4. The fourth-order valence-electron chi connectivity index (χ4n) is 2.53. The topological polar surface area (TPSA) is 79.6 Å². The van der Waals surface area contributed by atoms with E-state index >= 15 is 0 Å². The van der Waals surface area contributed by atoms with Crippen LogP contribution in [-0.2, 0) is 9.59 Å². The monoisotopic (exact) mass is 333 g/mol. The molecule has 1 fully saturated rings. The van der Waals surface area contributed by atoms with Crippen LogP contribution in [0.5, 0.6) is 0 Å². The van der Waals surface area contributed by atoms with Crippen LogP contribution < -0.4 is 5.32 Å². The number of aromatic nitrogens is 3. The van der Waals surface area contributed by atoms with Crippen LogP contribution in [0.4, 0.5) is 0 Å². The molecule has 2 amide bonds. The van der Waals surface area contributed by atoms with E-state index in [1.54, 1.807) is 4.90 Å². The first-order valence-corrected chi connectivity index (χ1v) is 8.66. The summed E-state index contributed by atoms with van der Waals surface area (Å²) in [4.78, 5) is 25.5. The Bertz CT molecular complexity index is 729. The highest BCUT2D eigenvalue weighted by atomic mass is 32.2. The largest absolute Gasteiger partial charge is 0.344 e. The van der Waals surface area contributed by atoms with Gasteiger partial charge in [0.05, 0.1) is 17.7 Å². The van der Waals surface area contributed by atoms with E-state index < -0.39 is 0 Å². The van der Waals surface area contributed by atoms with Crippen molar-refractivity contribution in [1.29, 1.82) is 0 Å². The highest BCUT2D eigenvalue weighted by Gasteiger charge is 2.27. The maximum atomic E-state index is 12.3. The summed E-state index contributed by atoms with van der Waals surface area (Å²) in [6.07, 6.45) is 1.88. The Hall–Kier alpha value is -2.09. The third-order valence-corrected chi connectivity index (χ3v) is 4.71. The van der Waals surface area contributed by atoms with Crippen molar-refractivity contribution in [2.45, 2.75) is 19.9 Å². The number of amides is 2. The summed E-state index contributed by atoms with van der Waals surface area (Å²) in [6.45, 7) is 4.13. The molecular weight excluding hydrogens is 314 g/mol. The van der Waals surface area contributed by atoms with Crippen molar-refractivity contribution in [3.63, 3.8) is 0 Å². The molecule has 2 aromatic heterocycles. The molecule has 7 nitrogen and oxygen atoms in total. The predicted octanol–water partition coefficient (Wildman–Crippen LogP) is 1.08. The molecule has 0 radical (unpaired) electrons. The van der Waals surface area contributed by atoms with Crippen LogP contribution in [0.1, 0.15) is 25.7 Å². The fourth-order valence-corrected chi connectivity index (χ4v) is 3.44. The number of thioether (sulfide) groups is 1. The molecule has 0 aliphatic carbocycles. The van der Waals surface area contributed by atoms with E-state index in [0.717, 1.165) is 5.65 Å². The quantitative estimate of drug-likeness (QED) is 0.885. The van der Waals surface area contributed by atoms with Crippen molar-refractivity contribution in [3.05, 3.63) is 30.2 Å². The standard InChI is InChI=1S/C15H19N5O2S/c1-10(2)14(15-18-17-11-5-3-4-6-20(11)15)16-12(21)7-19-9-23-8-13(19)22/h3-6,10,14H,7-9H2,1-2H3,(H,16,21)/t14-/m1/s1. The molecule has 1 aliphatic rings. The van der Waals surface area contributed by atoms with Crippen molar-refractivity contribution in [2.75, 3.05) is 18.2 Å². The van der Waals surface area contributed by atoms with E-state index in [2.05, 4.69) is 15.5 Å². The maximum Gasteiger partial charge on any atom is 0.240 e. The second kappa shape index (κ2) is 6.57. The van der Waals surface area contributed by atoms with Gasteiger partial charge in [0.2, 0.25) is 11.8 Å². The minimum Gasteiger partial charge on any atom is -0.344 e. The molecule has 0 spiro atoms. The molecule has 3 rings (SSSR count). The zero-order chi connectivity index (χ0) is 16.4. The number of hydrogen-bond acceptors (Lipinski definition) is 5. The summed E-state index contributed by atoms with van der Waals surface area (Å²) in [6, 6.07) is 5.41. The molecule has 0 saturated carbocycles. The lowest BCUT2D eigenvalue weighted by molar-refractivity contribution is -0.132. The maximum absolute atomic E-state index is 12.3. The van der Waals surface area contributed by atoms with Gasteiger partial charge in [-0.25, -0.2) is 0 Å². The van der Waals surface area contributed by atoms with Gasteiger partial charge >= 0.3 is 0 Å². The van der Waals surface area contributed by atoms with Gasteiger partial charge in [-0.05, 0) is 18.1 Å².